The van der Waals surface area contributed by atoms with E-state index in [0.717, 1.165) is 0 Å². The van der Waals surface area contributed by atoms with Crippen molar-refractivity contribution in [1.82, 2.24) is 0 Å². The Kier molecular flexibility index (Phi) is 2.41. The van der Waals surface area contributed by atoms with E-state index in [4.69, 9.17) is 26.3 Å². The molecule has 0 aliphatic heterocycles. The molecule has 1 heterocycles. The second-order valence-electron chi connectivity index (χ2n) is 8.80. The van der Waals surface area contributed by atoms with Crippen LogP contribution < -0.4 is 0 Å². The van der Waals surface area contributed by atoms with E-state index in [1.807, 2.05) is 0 Å². The third kappa shape index (κ3) is 3.86. The molecule has 0 aliphatic rings. The molecule has 1 aromatic heterocycles. The van der Waals surface area contributed by atoms with Gasteiger partial charge in [-0.1, -0.05) is 151 Å². The summed E-state index contributed by atoms with van der Waals surface area (Å²) in [6.07, 6.45) is 0. The molecule has 0 spiro atoms. The SMILES string of the molecule is [2H]c1c([2H])c([2H])c(-c2oc3ccccc3c2-c2c([2H])c([2H])c(-c3c4c([2H])c([2H])c([2H])c([2H])c4c(-c4c([2H])c([2H])c([2H])c([2H])c4[2H])c4c([2H])c([2H])c([2H])c([2H])c34)c([2H])c2[2H])c([2H])c1[2H]. The molecule has 0 radical (unpaired) electrons. The summed E-state index contributed by atoms with van der Waals surface area (Å²) in [5, 5.41) is -2.32. The molecule has 0 saturated carbocycles. The van der Waals surface area contributed by atoms with Crippen molar-refractivity contribution in [2.45, 2.75) is 0 Å². The average Bonchev–Trinajstić information content (AvgIpc) is 3.63. The number of benzene rings is 7. The second-order valence-corrected chi connectivity index (χ2v) is 8.80. The molecule has 0 unspecified atom stereocenters. The molecular weight excluding hydrogens is 496 g/mol. The van der Waals surface area contributed by atoms with Gasteiger partial charge in [0, 0.05) is 16.5 Å². The van der Waals surface area contributed by atoms with Crippen LogP contribution in [0.2, 0.25) is 0 Å². The summed E-state index contributed by atoms with van der Waals surface area (Å²) in [6, 6.07) is -12.5. The zero-order valence-corrected chi connectivity index (χ0v) is 20.7. The predicted molar refractivity (Wildman–Crippen MR) is 173 cm³/mol. The minimum Gasteiger partial charge on any atom is -0.455 e. The van der Waals surface area contributed by atoms with Gasteiger partial charge in [-0.3, -0.25) is 0 Å². The molecule has 8 aromatic rings. The summed E-state index contributed by atoms with van der Waals surface area (Å²) < 4.78 is 200. The van der Waals surface area contributed by atoms with Gasteiger partial charge in [-0.2, -0.15) is 0 Å². The number of hydrogen-bond donors (Lipinski definition) is 0. The number of rotatable bonds is 4. The van der Waals surface area contributed by atoms with Gasteiger partial charge in [0.25, 0.3) is 0 Å². The lowest BCUT2D eigenvalue weighted by atomic mass is 9.85. The first-order valence-corrected chi connectivity index (χ1v) is 12.2. The van der Waals surface area contributed by atoms with Crippen LogP contribution in [0.15, 0.2) is 162 Å². The van der Waals surface area contributed by atoms with Crippen molar-refractivity contribution in [3.05, 3.63) is 157 Å². The molecule has 1 heteroatoms. The van der Waals surface area contributed by atoms with Crippen molar-refractivity contribution in [3.63, 3.8) is 0 Å². The number of furan rings is 1. The Labute approximate surface area is 269 Å². The average molecular weight is 545 g/mol. The van der Waals surface area contributed by atoms with E-state index in [2.05, 4.69) is 0 Å². The Morgan fingerprint density at radius 2 is 0.780 bits per heavy atom. The van der Waals surface area contributed by atoms with Crippen LogP contribution >= 0.6 is 0 Å². The van der Waals surface area contributed by atoms with Gasteiger partial charge in [0.15, 0.2) is 0 Å². The minimum absolute atomic E-state index is 0.0717. The van der Waals surface area contributed by atoms with Crippen LogP contribution in [0.5, 0.6) is 0 Å². The fraction of sp³-hybridized carbons (Fsp3) is 0. The highest BCUT2D eigenvalue weighted by Crippen LogP contribution is 2.45. The van der Waals surface area contributed by atoms with E-state index < -0.39 is 194 Å². The lowest BCUT2D eigenvalue weighted by molar-refractivity contribution is 0.632. The van der Waals surface area contributed by atoms with Crippen LogP contribution in [-0.4, -0.2) is 0 Å². The molecule has 192 valence electrons. The highest BCUT2D eigenvalue weighted by Gasteiger charge is 2.19. The zero-order chi connectivity index (χ0) is 46.3. The van der Waals surface area contributed by atoms with Crippen molar-refractivity contribution in [3.8, 4) is 44.7 Å². The lowest BCUT2D eigenvalue weighted by Crippen LogP contribution is -1.90. The van der Waals surface area contributed by atoms with Crippen LogP contribution in [0.3, 0.4) is 0 Å². The maximum atomic E-state index is 9.54. The third-order valence-corrected chi connectivity index (χ3v) is 6.57. The summed E-state index contributed by atoms with van der Waals surface area (Å²) in [5.41, 5.74) is -3.70. The first-order valence-electron chi connectivity index (χ1n) is 23.2. The Bertz CT molecular complexity index is 3260. The molecule has 0 fully saturated rings. The molecule has 0 N–H and O–H groups in total. The summed E-state index contributed by atoms with van der Waals surface area (Å²) in [6.45, 7) is 0. The molecule has 7 aromatic carbocycles. The first-order chi connectivity index (χ1) is 29.5. The van der Waals surface area contributed by atoms with E-state index in [9.17, 15) is 8.22 Å². The molecular formula is C40H26O. The minimum atomic E-state index is -0.915. The number of para-hydroxylation sites is 1. The number of hydrogen-bond acceptors (Lipinski definition) is 1. The van der Waals surface area contributed by atoms with Gasteiger partial charge >= 0.3 is 0 Å². The topological polar surface area (TPSA) is 13.1 Å². The van der Waals surface area contributed by atoms with Gasteiger partial charge in [-0.25, -0.2) is 0 Å². The smallest absolute Gasteiger partial charge is 0.143 e. The molecule has 0 bridgehead atoms. The van der Waals surface area contributed by atoms with Gasteiger partial charge in [0.2, 0.25) is 0 Å². The van der Waals surface area contributed by atoms with Crippen LogP contribution in [0.1, 0.15) is 30.2 Å². The summed E-state index contributed by atoms with van der Waals surface area (Å²) in [7, 11) is 0. The van der Waals surface area contributed by atoms with Gasteiger partial charge in [0.1, 0.15) is 11.3 Å². The van der Waals surface area contributed by atoms with Crippen molar-refractivity contribution in [2.24, 2.45) is 0 Å². The van der Waals surface area contributed by atoms with Crippen LogP contribution in [0.4, 0.5) is 0 Å². The van der Waals surface area contributed by atoms with Crippen LogP contribution in [-0.2, 0) is 0 Å². The highest BCUT2D eigenvalue weighted by atomic mass is 16.3. The van der Waals surface area contributed by atoms with E-state index in [-0.39, 0.29) is 16.5 Å². The molecule has 41 heavy (non-hydrogen) atoms. The molecule has 0 saturated heterocycles. The zero-order valence-electron chi connectivity index (χ0n) is 42.7. The van der Waals surface area contributed by atoms with Crippen molar-refractivity contribution >= 4 is 32.5 Å². The van der Waals surface area contributed by atoms with E-state index >= 15 is 0 Å². The third-order valence-electron chi connectivity index (χ3n) is 6.57. The molecule has 0 amide bonds. The molecule has 1 nitrogen and oxygen atoms in total. The Balaban J connectivity index is 1.63. The number of fused-ring (bicyclic) bond motifs is 3. The fourth-order valence-corrected chi connectivity index (χ4v) is 4.90. The standard InChI is InChI=1S/C40H26O/c1-3-13-27(14-4-1)37-31-17-7-9-19-33(31)38(34-20-10-8-18-32(34)37)28-23-25-29(26-24-28)39-35-21-11-12-22-36(35)41-40(39)30-15-5-2-6-16-30/h1-26H/i1D,2D,3D,4D,5D,6D,7D,8D,9D,10D,13D,14D,15D,16D,17D,18D,19D,20D,23D,24D,25D,26D. The Hall–Kier alpha value is -5.40. The summed E-state index contributed by atoms with van der Waals surface area (Å²) >= 11 is 0. The molecule has 0 aliphatic carbocycles. The van der Waals surface area contributed by atoms with Crippen LogP contribution in [0, 0.1) is 0 Å². The normalized spacial score (nSPS) is 18.9. The monoisotopic (exact) mass is 544 g/mol. The second kappa shape index (κ2) is 9.66. The Morgan fingerprint density at radius 3 is 1.32 bits per heavy atom. The summed E-state index contributed by atoms with van der Waals surface area (Å²) in [5.74, 6) is -0.399. The van der Waals surface area contributed by atoms with E-state index in [1.165, 1.54) is 12.1 Å². The van der Waals surface area contributed by atoms with Crippen molar-refractivity contribution < 1.29 is 34.6 Å². The molecule has 8 rings (SSSR count). The van der Waals surface area contributed by atoms with Gasteiger partial charge in [-0.15, -0.1) is 0 Å². The van der Waals surface area contributed by atoms with E-state index in [0.29, 0.717) is 0 Å². The van der Waals surface area contributed by atoms with Crippen molar-refractivity contribution in [2.75, 3.05) is 0 Å². The van der Waals surface area contributed by atoms with E-state index in [1.54, 1.807) is 12.1 Å². The molecule has 0 atom stereocenters. The highest BCUT2D eigenvalue weighted by molar-refractivity contribution is 6.21. The van der Waals surface area contributed by atoms with Gasteiger partial charge in [0.05, 0.1) is 30.2 Å². The largest absolute Gasteiger partial charge is 0.455 e. The van der Waals surface area contributed by atoms with Crippen LogP contribution in [0.25, 0.3) is 77.2 Å². The maximum absolute atomic E-state index is 9.54. The quantitative estimate of drug-likeness (QED) is 0.201. The Morgan fingerprint density at radius 1 is 0.366 bits per heavy atom. The first kappa shape index (κ1) is 10.2. The maximum Gasteiger partial charge on any atom is 0.143 e. The van der Waals surface area contributed by atoms with Gasteiger partial charge < -0.3 is 4.42 Å². The predicted octanol–water partition coefficient (Wildman–Crippen LogP) is 11.4. The fourth-order valence-electron chi connectivity index (χ4n) is 4.90. The lowest BCUT2D eigenvalue weighted by Gasteiger charge is -2.18. The van der Waals surface area contributed by atoms with Crippen molar-refractivity contribution in [1.29, 1.82) is 0 Å². The van der Waals surface area contributed by atoms with Gasteiger partial charge in [-0.05, 0) is 55.4 Å². The summed E-state index contributed by atoms with van der Waals surface area (Å²) in [4.78, 5) is 0.